The molecule has 2 heteroatoms. The molecular formula is C15H19NO. The second kappa shape index (κ2) is 4.53. The molecule has 1 heterocycles. The molecule has 0 saturated carbocycles. The summed E-state index contributed by atoms with van der Waals surface area (Å²) in [4.78, 5) is 0. The summed E-state index contributed by atoms with van der Waals surface area (Å²) >= 11 is 0. The van der Waals surface area contributed by atoms with Gasteiger partial charge in [0.15, 0.2) is 0 Å². The lowest BCUT2D eigenvalue weighted by Crippen LogP contribution is -2.35. The van der Waals surface area contributed by atoms with E-state index in [1.54, 1.807) is 0 Å². The third-order valence-electron chi connectivity index (χ3n) is 3.92. The van der Waals surface area contributed by atoms with Gasteiger partial charge in [-0.15, -0.1) is 0 Å². The van der Waals surface area contributed by atoms with Gasteiger partial charge in [0, 0.05) is 18.0 Å². The Bertz CT molecular complexity index is 427. The van der Waals surface area contributed by atoms with Crippen molar-refractivity contribution < 1.29 is 4.74 Å². The van der Waals surface area contributed by atoms with Crippen LogP contribution >= 0.6 is 0 Å². The quantitative estimate of drug-likeness (QED) is 0.751. The SMILES string of the molecule is N[C@@H]1CC(C2CC=CCC2)Oc2ccccc21. The van der Waals surface area contributed by atoms with Gasteiger partial charge >= 0.3 is 0 Å². The Hall–Kier alpha value is -1.28. The van der Waals surface area contributed by atoms with Crippen molar-refractivity contribution in [3.05, 3.63) is 42.0 Å². The van der Waals surface area contributed by atoms with Crippen LogP contribution in [-0.4, -0.2) is 6.10 Å². The summed E-state index contributed by atoms with van der Waals surface area (Å²) in [6, 6.07) is 8.31. The average molecular weight is 229 g/mol. The van der Waals surface area contributed by atoms with Crippen LogP contribution in [0.4, 0.5) is 0 Å². The van der Waals surface area contributed by atoms with Crippen LogP contribution in [0.5, 0.6) is 5.75 Å². The van der Waals surface area contributed by atoms with Crippen LogP contribution in [0.3, 0.4) is 0 Å². The lowest BCUT2D eigenvalue weighted by atomic mass is 9.84. The van der Waals surface area contributed by atoms with E-state index in [-0.39, 0.29) is 6.04 Å². The Balaban J connectivity index is 1.81. The number of rotatable bonds is 1. The number of para-hydroxylation sites is 1. The number of allylic oxidation sites excluding steroid dienone is 2. The molecule has 0 aromatic heterocycles. The minimum atomic E-state index is 0.135. The number of benzene rings is 1. The predicted molar refractivity (Wildman–Crippen MR) is 68.9 cm³/mol. The van der Waals surface area contributed by atoms with Gasteiger partial charge in [0.25, 0.3) is 0 Å². The van der Waals surface area contributed by atoms with Gasteiger partial charge in [-0.3, -0.25) is 0 Å². The normalized spacial score (nSPS) is 31.7. The zero-order chi connectivity index (χ0) is 11.7. The standard InChI is InChI=1S/C15H19NO/c16-13-10-15(11-6-2-1-3-7-11)17-14-9-5-4-8-12(13)14/h1-2,4-5,8-9,11,13,15H,3,6-7,10,16H2/t11?,13-,15?/m1/s1. The van der Waals surface area contributed by atoms with Crippen molar-refractivity contribution in [3.63, 3.8) is 0 Å². The summed E-state index contributed by atoms with van der Waals surface area (Å²) in [6.07, 6.45) is 9.35. The Morgan fingerprint density at radius 2 is 2.06 bits per heavy atom. The molecule has 0 saturated heterocycles. The molecule has 0 fully saturated rings. The van der Waals surface area contributed by atoms with Gasteiger partial charge in [-0.1, -0.05) is 30.4 Å². The molecule has 2 aliphatic rings. The highest BCUT2D eigenvalue weighted by Gasteiger charge is 2.31. The number of nitrogens with two attached hydrogens (primary N) is 1. The monoisotopic (exact) mass is 229 g/mol. The van der Waals surface area contributed by atoms with E-state index >= 15 is 0 Å². The topological polar surface area (TPSA) is 35.2 Å². The van der Waals surface area contributed by atoms with E-state index in [1.807, 2.05) is 18.2 Å². The first-order valence-electron chi connectivity index (χ1n) is 6.51. The predicted octanol–water partition coefficient (Wildman–Crippen LogP) is 3.19. The second-order valence-corrected chi connectivity index (χ2v) is 5.08. The molecule has 1 aromatic carbocycles. The molecule has 2 nitrogen and oxygen atoms in total. The molecule has 0 radical (unpaired) electrons. The van der Waals surface area contributed by atoms with Crippen LogP contribution in [0.25, 0.3) is 0 Å². The fourth-order valence-corrected chi connectivity index (χ4v) is 2.93. The Morgan fingerprint density at radius 1 is 1.18 bits per heavy atom. The molecule has 3 rings (SSSR count). The van der Waals surface area contributed by atoms with Gasteiger partial charge in [-0.05, 0) is 31.2 Å². The van der Waals surface area contributed by atoms with Crippen molar-refractivity contribution >= 4 is 0 Å². The van der Waals surface area contributed by atoms with E-state index in [2.05, 4.69) is 18.2 Å². The number of fused-ring (bicyclic) bond motifs is 1. The first kappa shape index (κ1) is 10.8. The van der Waals surface area contributed by atoms with Crippen molar-refractivity contribution in [2.45, 2.75) is 37.8 Å². The summed E-state index contributed by atoms with van der Waals surface area (Å²) in [7, 11) is 0. The van der Waals surface area contributed by atoms with E-state index in [9.17, 15) is 0 Å². The van der Waals surface area contributed by atoms with Gasteiger partial charge in [0.2, 0.25) is 0 Å². The molecule has 1 aromatic rings. The molecule has 1 aliphatic carbocycles. The summed E-state index contributed by atoms with van der Waals surface area (Å²) in [6.45, 7) is 0. The molecule has 17 heavy (non-hydrogen) atoms. The number of hydrogen-bond acceptors (Lipinski definition) is 2. The lowest BCUT2D eigenvalue weighted by molar-refractivity contribution is 0.0938. The average Bonchev–Trinajstić information content (AvgIpc) is 2.40. The maximum absolute atomic E-state index is 6.25. The molecule has 2 unspecified atom stereocenters. The Morgan fingerprint density at radius 3 is 2.88 bits per heavy atom. The molecule has 0 bridgehead atoms. The molecule has 1 aliphatic heterocycles. The fraction of sp³-hybridized carbons (Fsp3) is 0.467. The number of ether oxygens (including phenoxy) is 1. The van der Waals surface area contributed by atoms with Gasteiger partial charge < -0.3 is 10.5 Å². The molecule has 0 spiro atoms. The molecule has 0 amide bonds. The maximum Gasteiger partial charge on any atom is 0.124 e. The Kier molecular flexibility index (Phi) is 2.89. The van der Waals surface area contributed by atoms with E-state index in [1.165, 1.54) is 12.8 Å². The minimum absolute atomic E-state index is 0.135. The van der Waals surface area contributed by atoms with Crippen LogP contribution in [0.15, 0.2) is 36.4 Å². The maximum atomic E-state index is 6.25. The van der Waals surface area contributed by atoms with Gasteiger partial charge in [0.1, 0.15) is 11.9 Å². The molecule has 90 valence electrons. The zero-order valence-electron chi connectivity index (χ0n) is 10.0. The summed E-state index contributed by atoms with van der Waals surface area (Å²) in [5, 5.41) is 0. The van der Waals surface area contributed by atoms with Gasteiger partial charge in [0.05, 0.1) is 0 Å². The summed E-state index contributed by atoms with van der Waals surface area (Å²) < 4.78 is 6.13. The third-order valence-corrected chi connectivity index (χ3v) is 3.92. The van der Waals surface area contributed by atoms with Crippen molar-refractivity contribution in [2.75, 3.05) is 0 Å². The summed E-state index contributed by atoms with van der Waals surface area (Å²) in [5.41, 5.74) is 7.41. The first-order chi connectivity index (χ1) is 8.34. The third kappa shape index (κ3) is 2.09. The second-order valence-electron chi connectivity index (χ2n) is 5.08. The van der Waals surface area contributed by atoms with E-state index < -0.39 is 0 Å². The van der Waals surface area contributed by atoms with E-state index in [0.29, 0.717) is 12.0 Å². The van der Waals surface area contributed by atoms with Gasteiger partial charge in [-0.2, -0.15) is 0 Å². The highest BCUT2D eigenvalue weighted by atomic mass is 16.5. The van der Waals surface area contributed by atoms with Crippen molar-refractivity contribution in [3.8, 4) is 5.75 Å². The fourth-order valence-electron chi connectivity index (χ4n) is 2.93. The molecular weight excluding hydrogens is 210 g/mol. The zero-order valence-corrected chi connectivity index (χ0v) is 10.0. The van der Waals surface area contributed by atoms with Crippen LogP contribution in [0.2, 0.25) is 0 Å². The highest BCUT2D eigenvalue weighted by molar-refractivity contribution is 5.37. The van der Waals surface area contributed by atoms with Crippen LogP contribution in [-0.2, 0) is 0 Å². The van der Waals surface area contributed by atoms with E-state index in [0.717, 1.165) is 24.2 Å². The van der Waals surface area contributed by atoms with Gasteiger partial charge in [-0.25, -0.2) is 0 Å². The van der Waals surface area contributed by atoms with Crippen molar-refractivity contribution in [1.82, 2.24) is 0 Å². The van der Waals surface area contributed by atoms with Crippen molar-refractivity contribution in [2.24, 2.45) is 11.7 Å². The lowest BCUT2D eigenvalue weighted by Gasteiger charge is -2.35. The minimum Gasteiger partial charge on any atom is -0.490 e. The van der Waals surface area contributed by atoms with Crippen LogP contribution in [0, 0.1) is 5.92 Å². The smallest absolute Gasteiger partial charge is 0.124 e. The van der Waals surface area contributed by atoms with Crippen LogP contribution < -0.4 is 10.5 Å². The highest BCUT2D eigenvalue weighted by Crippen LogP contribution is 2.38. The Labute approximate surface area is 102 Å². The van der Waals surface area contributed by atoms with Crippen LogP contribution in [0.1, 0.15) is 37.3 Å². The van der Waals surface area contributed by atoms with E-state index in [4.69, 9.17) is 10.5 Å². The molecule has 2 N–H and O–H groups in total. The number of hydrogen-bond donors (Lipinski definition) is 1. The first-order valence-corrected chi connectivity index (χ1v) is 6.51. The largest absolute Gasteiger partial charge is 0.490 e. The molecule has 3 atom stereocenters. The summed E-state index contributed by atoms with van der Waals surface area (Å²) in [5.74, 6) is 1.63. The van der Waals surface area contributed by atoms with Crippen molar-refractivity contribution in [1.29, 1.82) is 0 Å².